The van der Waals surface area contributed by atoms with E-state index >= 15 is 0 Å². The first-order valence-corrected chi connectivity index (χ1v) is 5.59. The van der Waals surface area contributed by atoms with Gasteiger partial charge in [-0.2, -0.15) is 0 Å². The summed E-state index contributed by atoms with van der Waals surface area (Å²) >= 11 is 0. The molecule has 0 aliphatic rings. The third-order valence-corrected chi connectivity index (χ3v) is 2.63. The van der Waals surface area contributed by atoms with Crippen molar-refractivity contribution in [1.82, 2.24) is 0 Å². The molecule has 0 heterocycles. The molecule has 0 amide bonds. The largest absolute Gasteiger partial charge is 0.494 e. The van der Waals surface area contributed by atoms with Gasteiger partial charge >= 0.3 is 5.97 Å². The number of esters is 1. The molecule has 1 aromatic rings. The van der Waals surface area contributed by atoms with E-state index in [0.717, 1.165) is 5.56 Å². The minimum Gasteiger partial charge on any atom is -0.494 e. The second-order valence-corrected chi connectivity index (χ2v) is 3.73. The number of hydrogen-bond donors (Lipinski definition) is 1. The van der Waals surface area contributed by atoms with E-state index in [2.05, 4.69) is 4.74 Å². The van der Waals surface area contributed by atoms with Gasteiger partial charge in [0.05, 0.1) is 13.7 Å². The summed E-state index contributed by atoms with van der Waals surface area (Å²) in [6.45, 7) is 4.19. The molecule has 0 fully saturated rings. The number of methoxy groups -OCH3 is 1. The highest BCUT2D eigenvalue weighted by Gasteiger charge is 2.26. The molecule has 17 heavy (non-hydrogen) atoms. The first-order valence-electron chi connectivity index (χ1n) is 5.59. The predicted molar refractivity (Wildman–Crippen MR) is 64.0 cm³/mol. The van der Waals surface area contributed by atoms with Crippen molar-refractivity contribution in [1.29, 1.82) is 0 Å². The average Bonchev–Trinajstić information content (AvgIpc) is 2.37. The number of hydrogen-bond acceptors (Lipinski definition) is 4. The molecule has 2 unspecified atom stereocenters. The molecule has 0 saturated carbocycles. The quantitative estimate of drug-likeness (QED) is 0.794. The Morgan fingerprint density at radius 2 is 2.06 bits per heavy atom. The smallest absolute Gasteiger partial charge is 0.335 e. The van der Waals surface area contributed by atoms with Crippen molar-refractivity contribution >= 4 is 5.97 Å². The Balaban J connectivity index is 2.94. The van der Waals surface area contributed by atoms with E-state index in [1.54, 1.807) is 6.92 Å². The Kier molecular flexibility index (Phi) is 4.97. The lowest BCUT2D eigenvalue weighted by molar-refractivity contribution is -0.151. The van der Waals surface area contributed by atoms with Crippen LogP contribution in [0.3, 0.4) is 0 Å². The van der Waals surface area contributed by atoms with Crippen molar-refractivity contribution in [2.75, 3.05) is 13.7 Å². The molecule has 94 valence electrons. The van der Waals surface area contributed by atoms with Crippen molar-refractivity contribution in [2.45, 2.75) is 25.9 Å². The van der Waals surface area contributed by atoms with Crippen molar-refractivity contribution in [3.8, 4) is 5.75 Å². The van der Waals surface area contributed by atoms with Crippen LogP contribution in [0.5, 0.6) is 5.75 Å². The number of carbonyl (C=O) groups excluding carboxylic acids is 1. The van der Waals surface area contributed by atoms with Crippen LogP contribution in [-0.2, 0) is 9.53 Å². The van der Waals surface area contributed by atoms with Crippen LogP contribution in [0.25, 0.3) is 0 Å². The zero-order valence-corrected chi connectivity index (χ0v) is 10.3. The van der Waals surface area contributed by atoms with Gasteiger partial charge in [0.25, 0.3) is 0 Å². The summed E-state index contributed by atoms with van der Waals surface area (Å²) < 4.78 is 9.98. The van der Waals surface area contributed by atoms with Crippen molar-refractivity contribution in [3.63, 3.8) is 0 Å². The lowest BCUT2D eigenvalue weighted by atomic mass is 9.94. The van der Waals surface area contributed by atoms with E-state index in [4.69, 9.17) is 4.74 Å². The molecule has 2 atom stereocenters. The second-order valence-electron chi connectivity index (χ2n) is 3.73. The maximum Gasteiger partial charge on any atom is 0.335 e. The molecule has 0 aliphatic heterocycles. The number of rotatable bonds is 5. The van der Waals surface area contributed by atoms with Gasteiger partial charge in [-0.15, -0.1) is 0 Å². The molecule has 1 aromatic carbocycles. The van der Waals surface area contributed by atoms with Gasteiger partial charge in [-0.25, -0.2) is 4.79 Å². The van der Waals surface area contributed by atoms with Gasteiger partial charge in [0.15, 0.2) is 6.10 Å². The molecule has 0 aliphatic carbocycles. The van der Waals surface area contributed by atoms with Crippen molar-refractivity contribution in [2.24, 2.45) is 0 Å². The topological polar surface area (TPSA) is 55.8 Å². The summed E-state index contributed by atoms with van der Waals surface area (Å²) in [6.07, 6.45) is -1.18. The van der Waals surface area contributed by atoms with E-state index in [0.29, 0.717) is 12.4 Å². The number of aliphatic hydroxyl groups excluding tert-OH is 1. The van der Waals surface area contributed by atoms with Crippen LogP contribution in [0, 0.1) is 0 Å². The highest BCUT2D eigenvalue weighted by Crippen LogP contribution is 2.29. The van der Waals surface area contributed by atoms with Crippen LogP contribution in [0.4, 0.5) is 0 Å². The van der Waals surface area contributed by atoms with Gasteiger partial charge in [-0.1, -0.05) is 25.1 Å². The maximum absolute atomic E-state index is 11.3. The van der Waals surface area contributed by atoms with E-state index in [-0.39, 0.29) is 5.92 Å². The molecule has 0 spiro atoms. The third kappa shape index (κ3) is 3.20. The van der Waals surface area contributed by atoms with Gasteiger partial charge in [0.2, 0.25) is 0 Å². The van der Waals surface area contributed by atoms with Crippen LogP contribution in [0.15, 0.2) is 24.3 Å². The maximum atomic E-state index is 11.3. The van der Waals surface area contributed by atoms with E-state index in [1.165, 1.54) is 7.11 Å². The van der Waals surface area contributed by atoms with Crippen LogP contribution >= 0.6 is 0 Å². The summed E-state index contributed by atoms with van der Waals surface area (Å²) in [5, 5.41) is 9.80. The molecule has 0 saturated heterocycles. The fourth-order valence-corrected chi connectivity index (χ4v) is 1.64. The van der Waals surface area contributed by atoms with Crippen molar-refractivity contribution in [3.05, 3.63) is 29.8 Å². The van der Waals surface area contributed by atoms with E-state index in [9.17, 15) is 9.90 Å². The molecule has 0 aromatic heterocycles. The van der Waals surface area contributed by atoms with E-state index < -0.39 is 12.1 Å². The van der Waals surface area contributed by atoms with Crippen LogP contribution in [0.2, 0.25) is 0 Å². The average molecular weight is 238 g/mol. The zero-order chi connectivity index (χ0) is 12.8. The standard InChI is InChI=1S/C13H18O4/c1-4-17-11-8-6-5-7-10(11)9(2)12(14)13(15)16-3/h5-9,12,14H,4H2,1-3H3. The lowest BCUT2D eigenvalue weighted by Gasteiger charge is -2.19. The highest BCUT2D eigenvalue weighted by molar-refractivity contribution is 5.75. The van der Waals surface area contributed by atoms with Crippen LogP contribution in [0.1, 0.15) is 25.3 Å². The minimum atomic E-state index is -1.18. The predicted octanol–water partition coefficient (Wildman–Crippen LogP) is 1.72. The Labute approximate surface area is 101 Å². The Morgan fingerprint density at radius 3 is 2.65 bits per heavy atom. The summed E-state index contributed by atoms with van der Waals surface area (Å²) in [4.78, 5) is 11.3. The Bertz CT molecular complexity index is 375. The van der Waals surface area contributed by atoms with Crippen LogP contribution < -0.4 is 4.74 Å². The third-order valence-electron chi connectivity index (χ3n) is 2.63. The molecular weight excluding hydrogens is 220 g/mol. The van der Waals surface area contributed by atoms with E-state index in [1.807, 2.05) is 31.2 Å². The summed E-state index contributed by atoms with van der Waals surface area (Å²) in [7, 11) is 1.26. The SMILES string of the molecule is CCOc1ccccc1C(C)C(O)C(=O)OC. The first-order chi connectivity index (χ1) is 8.11. The molecule has 4 nitrogen and oxygen atoms in total. The van der Waals surface area contributed by atoms with Gasteiger partial charge in [0.1, 0.15) is 5.75 Å². The highest BCUT2D eigenvalue weighted by atomic mass is 16.5. The number of aliphatic hydroxyl groups is 1. The first kappa shape index (κ1) is 13.5. The van der Waals surface area contributed by atoms with Gasteiger partial charge < -0.3 is 14.6 Å². The Morgan fingerprint density at radius 1 is 1.41 bits per heavy atom. The molecular formula is C13H18O4. The second kappa shape index (κ2) is 6.25. The zero-order valence-electron chi connectivity index (χ0n) is 10.3. The number of para-hydroxylation sites is 1. The molecule has 0 bridgehead atoms. The monoisotopic (exact) mass is 238 g/mol. The molecule has 0 radical (unpaired) electrons. The minimum absolute atomic E-state index is 0.370. The van der Waals surface area contributed by atoms with Gasteiger partial charge in [-0.05, 0) is 13.0 Å². The summed E-state index contributed by atoms with van der Waals surface area (Å²) in [5.41, 5.74) is 0.798. The van der Waals surface area contributed by atoms with Gasteiger partial charge in [-0.3, -0.25) is 0 Å². The fourth-order valence-electron chi connectivity index (χ4n) is 1.64. The normalized spacial score (nSPS) is 13.9. The molecule has 1 rings (SSSR count). The molecule has 1 N–H and O–H groups in total. The lowest BCUT2D eigenvalue weighted by Crippen LogP contribution is -2.27. The van der Waals surface area contributed by atoms with Crippen LogP contribution in [-0.4, -0.2) is 30.9 Å². The fraction of sp³-hybridized carbons (Fsp3) is 0.462. The summed E-state index contributed by atoms with van der Waals surface area (Å²) in [6, 6.07) is 7.35. The number of benzene rings is 1. The number of carbonyl (C=O) groups is 1. The molecule has 4 heteroatoms. The Hall–Kier alpha value is -1.55. The number of ether oxygens (including phenoxy) is 2. The van der Waals surface area contributed by atoms with Crippen molar-refractivity contribution < 1.29 is 19.4 Å². The summed E-state index contributed by atoms with van der Waals surface area (Å²) in [5.74, 6) is -0.320. The van der Waals surface area contributed by atoms with Gasteiger partial charge in [0, 0.05) is 11.5 Å².